The molecule has 0 aliphatic heterocycles. The van der Waals surface area contributed by atoms with Crippen LogP contribution in [-0.4, -0.2) is 60.7 Å². The molecule has 3 aromatic heterocycles. The molecule has 0 bridgehead atoms. The molecule has 5 aromatic rings. The number of aliphatic hydroxyl groups is 1. The third kappa shape index (κ3) is 7.33. The molecule has 1 fully saturated rings. The van der Waals surface area contributed by atoms with Crippen molar-refractivity contribution in [3.05, 3.63) is 93.0 Å². The van der Waals surface area contributed by atoms with Crippen LogP contribution in [0.15, 0.2) is 42.5 Å². The molecule has 3 heterocycles. The lowest BCUT2D eigenvalue weighted by atomic mass is 9.84. The number of alkyl halides is 4. The quantitative estimate of drug-likeness (QED) is 0.0910. The van der Waals surface area contributed by atoms with Crippen molar-refractivity contribution in [3.8, 4) is 23.0 Å². The van der Waals surface area contributed by atoms with E-state index in [0.717, 1.165) is 12.1 Å². The van der Waals surface area contributed by atoms with Gasteiger partial charge >= 0.3 is 0 Å². The predicted octanol–water partition coefficient (Wildman–Crippen LogP) is 6.24. The van der Waals surface area contributed by atoms with Gasteiger partial charge in [-0.3, -0.25) is 14.3 Å². The Morgan fingerprint density at radius 1 is 1.09 bits per heavy atom. The van der Waals surface area contributed by atoms with Gasteiger partial charge in [0.25, 0.3) is 12.3 Å². The van der Waals surface area contributed by atoms with Crippen LogP contribution in [0.1, 0.15) is 78.5 Å². The topological polar surface area (TPSA) is 153 Å². The summed E-state index contributed by atoms with van der Waals surface area (Å²) in [6, 6.07) is 6.65. The van der Waals surface area contributed by atoms with E-state index in [1.54, 1.807) is 20.2 Å². The predicted molar refractivity (Wildman–Crippen MR) is 198 cm³/mol. The maximum absolute atomic E-state index is 16.1. The standard InChI is InChI=1S/C39H35ClF6N8O3/c1-38(2,57)10-9-20-5-6-21(22-7-8-26(40)29-32(22)53(4)52-37(29)50-27(55)16-48-3)30(49-20)24(13-17-11-18(41)14-19(42)12-17)33(36(47)56)54-34-28(31(51-54)35(43)44)23-15-25(23)39(34,45)46/h5-8,11-12,14,23-25,33,35,48,57H,13,15-16H2,1-4H3,(H2,47,56)(H,50,52,55)/t23-,24+,25+,33?/m0/s1. The summed E-state index contributed by atoms with van der Waals surface area (Å²) in [6.45, 7) is 2.78. The van der Waals surface area contributed by atoms with E-state index in [1.165, 1.54) is 36.7 Å². The Balaban J connectivity index is 1.54. The summed E-state index contributed by atoms with van der Waals surface area (Å²) in [5.41, 5.74) is 3.08. The van der Waals surface area contributed by atoms with Crippen LogP contribution < -0.4 is 16.4 Å². The number of amides is 2. The van der Waals surface area contributed by atoms with Crippen LogP contribution in [0.25, 0.3) is 22.0 Å². The zero-order chi connectivity index (χ0) is 41.3. The van der Waals surface area contributed by atoms with Crippen LogP contribution in [-0.2, 0) is 29.0 Å². The highest BCUT2D eigenvalue weighted by Crippen LogP contribution is 2.68. The number of fused-ring (bicyclic) bond motifs is 4. The average molecular weight is 813 g/mol. The molecule has 18 heteroatoms. The lowest BCUT2D eigenvalue weighted by molar-refractivity contribution is -0.122. The van der Waals surface area contributed by atoms with E-state index in [9.17, 15) is 32.3 Å². The van der Waals surface area contributed by atoms with Crippen molar-refractivity contribution in [1.82, 2.24) is 29.9 Å². The Bertz CT molecular complexity index is 2500. The summed E-state index contributed by atoms with van der Waals surface area (Å²) in [5, 5.41) is 24.7. The molecule has 2 aromatic carbocycles. The van der Waals surface area contributed by atoms with Crippen LogP contribution in [0, 0.1) is 29.4 Å². The molecular weight excluding hydrogens is 778 g/mol. The van der Waals surface area contributed by atoms with E-state index in [1.807, 2.05) is 0 Å². The third-order valence-electron chi connectivity index (χ3n) is 10.0. The average Bonchev–Trinajstić information content (AvgIpc) is 3.64. The first kappa shape index (κ1) is 39.8. The van der Waals surface area contributed by atoms with Gasteiger partial charge in [0.1, 0.15) is 40.4 Å². The van der Waals surface area contributed by atoms with Crippen LogP contribution in [0.5, 0.6) is 0 Å². The monoisotopic (exact) mass is 812 g/mol. The van der Waals surface area contributed by atoms with Gasteiger partial charge < -0.3 is 21.5 Å². The number of aryl methyl sites for hydroxylation is 1. The first-order valence-electron chi connectivity index (χ1n) is 17.7. The van der Waals surface area contributed by atoms with Gasteiger partial charge in [0, 0.05) is 41.6 Å². The molecule has 0 spiro atoms. The van der Waals surface area contributed by atoms with Crippen LogP contribution in [0.2, 0.25) is 5.02 Å². The normalized spacial score (nSPS) is 17.8. The molecule has 5 N–H and O–H groups in total. The van der Waals surface area contributed by atoms with Gasteiger partial charge in [-0.05, 0) is 81.5 Å². The number of primary amides is 1. The van der Waals surface area contributed by atoms with Gasteiger partial charge in [0.2, 0.25) is 11.8 Å². The van der Waals surface area contributed by atoms with E-state index in [-0.39, 0.29) is 51.9 Å². The van der Waals surface area contributed by atoms with Crippen molar-refractivity contribution >= 4 is 40.1 Å². The Kier molecular flexibility index (Phi) is 10.1. The van der Waals surface area contributed by atoms with Gasteiger partial charge in [-0.15, -0.1) is 0 Å². The minimum atomic E-state index is -3.68. The number of pyridine rings is 1. The van der Waals surface area contributed by atoms with Gasteiger partial charge in [-0.1, -0.05) is 23.6 Å². The minimum absolute atomic E-state index is 0.00953. The van der Waals surface area contributed by atoms with Crippen molar-refractivity contribution in [2.24, 2.45) is 18.7 Å². The van der Waals surface area contributed by atoms with Gasteiger partial charge in [-0.25, -0.2) is 27.2 Å². The molecule has 1 unspecified atom stereocenters. The van der Waals surface area contributed by atoms with E-state index in [2.05, 4.69) is 32.7 Å². The second-order valence-corrected chi connectivity index (χ2v) is 15.1. The summed E-state index contributed by atoms with van der Waals surface area (Å²) in [7, 11) is 3.15. The van der Waals surface area contributed by atoms with E-state index >= 15 is 8.78 Å². The van der Waals surface area contributed by atoms with Gasteiger partial charge in [-0.2, -0.15) is 19.0 Å². The number of aromatic nitrogens is 5. The van der Waals surface area contributed by atoms with Crippen molar-refractivity contribution in [3.63, 3.8) is 0 Å². The number of nitrogens with two attached hydrogens (primary N) is 1. The number of rotatable bonds is 11. The number of nitrogens with one attached hydrogen (secondary N) is 2. The zero-order valence-electron chi connectivity index (χ0n) is 30.8. The lowest BCUT2D eigenvalue weighted by Gasteiger charge is -2.29. The summed E-state index contributed by atoms with van der Waals surface area (Å²) >= 11 is 6.69. The largest absolute Gasteiger partial charge is 0.378 e. The lowest BCUT2D eigenvalue weighted by Crippen LogP contribution is -2.37. The zero-order valence-corrected chi connectivity index (χ0v) is 31.5. The molecule has 298 valence electrons. The summed E-state index contributed by atoms with van der Waals surface area (Å²) < 4.78 is 92.7. The number of hydrogen-bond donors (Lipinski definition) is 4. The number of likely N-dealkylation sites (N-methyl/N-ethyl adjacent to an activating group) is 1. The van der Waals surface area contributed by atoms with Crippen molar-refractivity contribution < 1.29 is 41.0 Å². The Morgan fingerprint density at radius 3 is 2.40 bits per heavy atom. The highest BCUT2D eigenvalue weighted by atomic mass is 35.5. The number of benzene rings is 2. The van der Waals surface area contributed by atoms with Crippen LogP contribution in [0.3, 0.4) is 0 Å². The summed E-state index contributed by atoms with van der Waals surface area (Å²) in [5.74, 6) is -5.65. The van der Waals surface area contributed by atoms with Crippen molar-refractivity contribution in [1.29, 1.82) is 0 Å². The fourth-order valence-corrected chi connectivity index (χ4v) is 7.98. The molecule has 7 rings (SSSR count). The van der Waals surface area contributed by atoms with E-state index < -0.39 is 83.0 Å². The van der Waals surface area contributed by atoms with Crippen LogP contribution in [0.4, 0.5) is 32.2 Å². The van der Waals surface area contributed by atoms with Crippen LogP contribution >= 0.6 is 11.6 Å². The third-order valence-corrected chi connectivity index (χ3v) is 10.3. The number of carbonyl (C=O) groups is 2. The van der Waals surface area contributed by atoms with Gasteiger partial charge in [0.05, 0.1) is 28.2 Å². The van der Waals surface area contributed by atoms with E-state index in [4.69, 9.17) is 22.3 Å². The van der Waals surface area contributed by atoms with Gasteiger partial charge in [0.15, 0.2) is 5.82 Å². The molecule has 57 heavy (non-hydrogen) atoms. The number of carbonyl (C=O) groups excluding carboxylic acids is 2. The molecule has 4 atom stereocenters. The Hall–Kier alpha value is -5.44. The molecular formula is C39H35ClF6N8O3. The fourth-order valence-electron chi connectivity index (χ4n) is 7.74. The first-order valence-corrected chi connectivity index (χ1v) is 18.1. The second kappa shape index (κ2) is 14.5. The minimum Gasteiger partial charge on any atom is -0.378 e. The summed E-state index contributed by atoms with van der Waals surface area (Å²) in [6.07, 6.45) is -3.85. The van der Waals surface area contributed by atoms with Crippen molar-refractivity contribution in [2.45, 2.75) is 62.5 Å². The number of halogens is 7. The molecule has 2 aliphatic rings. The number of nitrogens with zero attached hydrogens (tertiary/aromatic N) is 5. The Morgan fingerprint density at radius 2 is 1.77 bits per heavy atom. The van der Waals surface area contributed by atoms with E-state index in [0.29, 0.717) is 27.2 Å². The Labute approximate surface area is 326 Å². The fraction of sp³-hybridized carbons (Fsp3) is 0.359. The SMILES string of the molecule is CNCC(=O)Nc1nn(C)c2c(-c3ccc(C#CC(C)(C)O)nc3[C@@H](Cc3cc(F)cc(F)c3)C(C(N)=O)n3nc(C(F)F)c4c3C(F)(F)[C@@H]3C[C@H]43)ccc(Cl)c12. The maximum atomic E-state index is 16.1. The smallest absolute Gasteiger partial charge is 0.293 e. The molecule has 1 saturated carbocycles. The number of hydrogen-bond acceptors (Lipinski definition) is 7. The highest BCUT2D eigenvalue weighted by molar-refractivity contribution is 6.37. The molecule has 0 saturated heterocycles. The second-order valence-electron chi connectivity index (χ2n) is 14.7. The number of anilines is 1. The molecule has 2 amide bonds. The molecule has 0 radical (unpaired) electrons. The van der Waals surface area contributed by atoms with Crippen molar-refractivity contribution in [2.75, 3.05) is 18.9 Å². The highest BCUT2D eigenvalue weighted by Gasteiger charge is 2.67. The molecule has 2 aliphatic carbocycles. The summed E-state index contributed by atoms with van der Waals surface area (Å²) in [4.78, 5) is 31.2. The first-order chi connectivity index (χ1) is 26.8. The maximum Gasteiger partial charge on any atom is 0.293 e. The molecule has 11 nitrogen and oxygen atoms in total.